The second kappa shape index (κ2) is 9.57. The summed E-state index contributed by atoms with van der Waals surface area (Å²) in [7, 11) is 1.49. The number of benzene rings is 1. The molecule has 0 unspecified atom stereocenters. The molecule has 0 aromatic heterocycles. The van der Waals surface area contributed by atoms with Gasteiger partial charge in [-0.3, -0.25) is 9.59 Å². The number of ketones is 1. The van der Waals surface area contributed by atoms with Crippen molar-refractivity contribution in [2.45, 2.75) is 0 Å². The van der Waals surface area contributed by atoms with Crippen LogP contribution in [0.1, 0.15) is 10.4 Å². The van der Waals surface area contributed by atoms with E-state index in [1.54, 1.807) is 12.1 Å². The van der Waals surface area contributed by atoms with Gasteiger partial charge in [-0.05, 0) is 24.3 Å². The Kier molecular flexibility index (Phi) is 8.96. The van der Waals surface area contributed by atoms with Crippen molar-refractivity contribution in [2.24, 2.45) is 0 Å². The Morgan fingerprint density at radius 1 is 1.29 bits per heavy atom. The van der Waals surface area contributed by atoms with Crippen molar-refractivity contribution in [2.75, 3.05) is 13.7 Å². The van der Waals surface area contributed by atoms with Crippen molar-refractivity contribution < 1.29 is 53.8 Å². The maximum Gasteiger partial charge on any atom is 1.00 e. The fraction of sp³-hybridized carbons (Fsp3) is 0.154. The Bertz CT molecular complexity index is 556. The molecule has 1 amide bonds. The quantitative estimate of drug-likeness (QED) is 0.340. The average molecular weight is 320 g/mol. The first-order valence-electron chi connectivity index (χ1n) is 5.47. The zero-order chi connectivity index (χ0) is 15.1. The van der Waals surface area contributed by atoms with Crippen LogP contribution in [0.25, 0.3) is 0 Å². The van der Waals surface area contributed by atoms with Gasteiger partial charge >= 0.3 is 29.6 Å². The number of nitrogens with one attached hydrogen (secondary N) is 1. The number of halogens is 1. The maximum atomic E-state index is 11.9. The molecule has 8 heteroatoms. The van der Waals surface area contributed by atoms with Crippen LogP contribution in [-0.4, -0.2) is 31.3 Å². The zero-order valence-electron chi connectivity index (χ0n) is 11.5. The van der Waals surface area contributed by atoms with E-state index in [-0.39, 0.29) is 40.2 Å². The molecule has 6 nitrogen and oxygen atoms in total. The molecule has 0 saturated carbocycles. The third-order valence-electron chi connectivity index (χ3n) is 2.23. The SMILES string of the molecule is COc1ccc(C(=O)/C(Cl)=C/C(=O)NCC(=O)[O-])cc1.[Na+]. The molecular weight excluding hydrogens is 309 g/mol. The first-order chi connectivity index (χ1) is 9.43. The number of hydrogen-bond donors (Lipinski definition) is 1. The molecule has 0 saturated heterocycles. The van der Waals surface area contributed by atoms with Gasteiger partial charge in [0.15, 0.2) is 0 Å². The molecule has 106 valence electrons. The second-order valence-electron chi connectivity index (χ2n) is 3.64. The molecule has 0 fully saturated rings. The van der Waals surface area contributed by atoms with Crippen LogP contribution in [0.5, 0.6) is 5.75 Å². The number of Topliss-reactive ketones (excluding diaryl/α,β-unsaturated/α-hetero) is 1. The number of carbonyl (C=O) groups is 3. The minimum absolute atomic E-state index is 0. The van der Waals surface area contributed by atoms with Crippen LogP contribution in [0.4, 0.5) is 0 Å². The number of allylic oxidation sites excluding steroid dienone is 1. The molecule has 1 aromatic carbocycles. The fourth-order valence-corrected chi connectivity index (χ4v) is 1.48. The summed E-state index contributed by atoms with van der Waals surface area (Å²) in [5, 5.41) is 11.8. The summed E-state index contributed by atoms with van der Waals surface area (Å²) in [5.41, 5.74) is 0.278. The molecule has 0 heterocycles. The summed E-state index contributed by atoms with van der Waals surface area (Å²) in [6.45, 7) is -0.657. The molecule has 0 radical (unpaired) electrons. The number of hydrogen-bond acceptors (Lipinski definition) is 5. The largest absolute Gasteiger partial charge is 1.00 e. The monoisotopic (exact) mass is 319 g/mol. The van der Waals surface area contributed by atoms with Gasteiger partial charge in [0.1, 0.15) is 5.75 Å². The van der Waals surface area contributed by atoms with E-state index in [4.69, 9.17) is 16.3 Å². The molecule has 0 atom stereocenters. The standard InChI is InChI=1S/C13H12ClNO5.Na/c1-20-9-4-2-8(3-5-9)13(19)10(14)6-11(16)15-7-12(17)18;/h2-6H,7H2,1H3,(H,15,16)(H,17,18);/q;+1/p-1/b10-6-;. The molecule has 0 aliphatic rings. The van der Waals surface area contributed by atoms with Gasteiger partial charge in [-0.1, -0.05) is 11.6 Å². The van der Waals surface area contributed by atoms with E-state index in [9.17, 15) is 19.5 Å². The third kappa shape index (κ3) is 6.77. The van der Waals surface area contributed by atoms with Gasteiger partial charge in [0.25, 0.3) is 0 Å². The van der Waals surface area contributed by atoms with Crippen LogP contribution in [0.2, 0.25) is 0 Å². The minimum Gasteiger partial charge on any atom is -0.548 e. The van der Waals surface area contributed by atoms with Crippen LogP contribution in [0.3, 0.4) is 0 Å². The number of carboxylic acids is 1. The predicted molar refractivity (Wildman–Crippen MR) is 69.3 cm³/mol. The minimum atomic E-state index is -1.44. The van der Waals surface area contributed by atoms with Gasteiger partial charge < -0.3 is 20.0 Å². The molecule has 1 rings (SSSR count). The molecule has 21 heavy (non-hydrogen) atoms. The summed E-state index contributed by atoms with van der Waals surface area (Å²) in [4.78, 5) is 33.3. The average Bonchev–Trinajstić information content (AvgIpc) is 2.44. The zero-order valence-corrected chi connectivity index (χ0v) is 14.3. The molecule has 0 bridgehead atoms. The Morgan fingerprint density at radius 3 is 2.33 bits per heavy atom. The number of methoxy groups -OCH3 is 1. The Morgan fingerprint density at radius 2 is 1.86 bits per heavy atom. The van der Waals surface area contributed by atoms with Gasteiger partial charge in [-0.25, -0.2) is 0 Å². The summed E-state index contributed by atoms with van der Waals surface area (Å²) >= 11 is 5.71. The number of carboxylic acid groups (broad SMARTS) is 1. The first-order valence-corrected chi connectivity index (χ1v) is 5.85. The first kappa shape index (κ1) is 19.7. The van der Waals surface area contributed by atoms with E-state index >= 15 is 0 Å². The number of rotatable bonds is 6. The van der Waals surface area contributed by atoms with Crippen LogP contribution < -0.4 is 44.7 Å². The summed E-state index contributed by atoms with van der Waals surface area (Å²) < 4.78 is 4.94. The van der Waals surface area contributed by atoms with Gasteiger partial charge in [0, 0.05) is 11.6 Å². The summed E-state index contributed by atoms with van der Waals surface area (Å²) in [6.07, 6.45) is 0.817. The molecule has 1 N–H and O–H groups in total. The van der Waals surface area contributed by atoms with E-state index in [1.165, 1.54) is 19.2 Å². The van der Waals surface area contributed by atoms with Gasteiger partial charge in [0.2, 0.25) is 11.7 Å². The fourth-order valence-electron chi connectivity index (χ4n) is 1.27. The summed E-state index contributed by atoms with van der Waals surface area (Å²) in [5.74, 6) is -2.21. The number of carbonyl (C=O) groups excluding carboxylic acids is 3. The molecular formula is C13H11ClNNaO5. The van der Waals surface area contributed by atoms with Gasteiger partial charge in [-0.2, -0.15) is 0 Å². The van der Waals surface area contributed by atoms with Crippen LogP contribution in [0.15, 0.2) is 35.4 Å². The predicted octanol–water partition coefficient (Wildman–Crippen LogP) is -3.13. The number of ether oxygens (including phenoxy) is 1. The van der Waals surface area contributed by atoms with Crippen molar-refractivity contribution in [3.63, 3.8) is 0 Å². The molecule has 1 aromatic rings. The topological polar surface area (TPSA) is 95.5 Å². The van der Waals surface area contributed by atoms with Crippen LogP contribution in [0, 0.1) is 0 Å². The van der Waals surface area contributed by atoms with E-state index in [0.717, 1.165) is 6.08 Å². The maximum absolute atomic E-state index is 11.9. The Balaban J connectivity index is 0.00000400. The van der Waals surface area contributed by atoms with E-state index < -0.39 is 24.2 Å². The normalized spacial score (nSPS) is 10.3. The van der Waals surface area contributed by atoms with Gasteiger partial charge in [-0.15, -0.1) is 0 Å². The molecule has 0 spiro atoms. The van der Waals surface area contributed by atoms with E-state index in [1.807, 2.05) is 5.32 Å². The van der Waals surface area contributed by atoms with Crippen LogP contribution >= 0.6 is 11.6 Å². The second-order valence-corrected chi connectivity index (χ2v) is 4.05. The number of amides is 1. The van der Waals surface area contributed by atoms with Crippen molar-refractivity contribution in [1.82, 2.24) is 5.32 Å². The van der Waals surface area contributed by atoms with E-state index in [0.29, 0.717) is 5.75 Å². The smallest absolute Gasteiger partial charge is 0.548 e. The summed E-state index contributed by atoms with van der Waals surface area (Å²) in [6, 6.07) is 6.15. The molecule has 0 aliphatic heterocycles. The van der Waals surface area contributed by atoms with E-state index in [2.05, 4.69) is 0 Å². The Hall–Kier alpha value is -1.34. The van der Waals surface area contributed by atoms with Crippen molar-refractivity contribution >= 4 is 29.3 Å². The number of aliphatic carboxylic acids is 1. The Labute approximate surface area is 148 Å². The third-order valence-corrected chi connectivity index (χ3v) is 2.51. The molecule has 0 aliphatic carbocycles. The van der Waals surface area contributed by atoms with Crippen molar-refractivity contribution in [3.05, 3.63) is 40.9 Å². The van der Waals surface area contributed by atoms with Crippen LogP contribution in [-0.2, 0) is 9.59 Å². The van der Waals surface area contributed by atoms with Gasteiger partial charge in [0.05, 0.1) is 24.7 Å². The van der Waals surface area contributed by atoms with Crippen molar-refractivity contribution in [1.29, 1.82) is 0 Å². The van der Waals surface area contributed by atoms with Crippen molar-refractivity contribution in [3.8, 4) is 5.75 Å².